The first-order chi connectivity index (χ1) is 24.9. The smallest absolute Gasteiger partial charge is 0.243 e. The Bertz CT molecular complexity index is 2130. The Morgan fingerprint density at radius 3 is 1.82 bits per heavy atom. The quantitative estimate of drug-likeness (QED) is 0.155. The van der Waals surface area contributed by atoms with Crippen LogP contribution < -0.4 is 5.73 Å². The van der Waals surface area contributed by atoms with E-state index in [2.05, 4.69) is 15.0 Å². The highest BCUT2D eigenvalue weighted by atomic mass is 32.2. The van der Waals surface area contributed by atoms with Crippen LogP contribution in [0.1, 0.15) is 22.3 Å². The van der Waals surface area contributed by atoms with E-state index in [1.165, 1.54) is 10.6 Å². The molecule has 0 spiro atoms. The van der Waals surface area contributed by atoms with Crippen molar-refractivity contribution in [3.63, 3.8) is 0 Å². The molecule has 3 heterocycles. The Morgan fingerprint density at radius 2 is 1.24 bits per heavy atom. The summed E-state index contributed by atoms with van der Waals surface area (Å²) < 4.78 is 53.2. The van der Waals surface area contributed by atoms with E-state index < -0.39 is 34.3 Å². The number of aryl methyl sites for hydroxylation is 1. The topological polar surface area (TPSA) is 135 Å². The lowest BCUT2D eigenvalue weighted by atomic mass is 10.1. The van der Waals surface area contributed by atoms with Crippen molar-refractivity contribution in [1.29, 1.82) is 0 Å². The molecule has 0 aliphatic carbocycles. The minimum Gasteiger partial charge on any atom is -0.382 e. The van der Waals surface area contributed by atoms with Crippen LogP contribution in [0.4, 0.5) is 5.82 Å². The molecule has 1 aliphatic heterocycles. The predicted molar refractivity (Wildman–Crippen MR) is 194 cm³/mol. The summed E-state index contributed by atoms with van der Waals surface area (Å²) in [5.41, 5.74) is 10.9. The van der Waals surface area contributed by atoms with E-state index in [-0.39, 0.29) is 37.1 Å². The first-order valence-electron chi connectivity index (χ1n) is 16.8. The third-order valence-corrected chi connectivity index (χ3v) is 11.1. The van der Waals surface area contributed by atoms with Gasteiger partial charge in [0.15, 0.2) is 11.5 Å². The molecule has 0 unspecified atom stereocenters. The molecule has 0 saturated carbocycles. The highest BCUT2D eigenvalue weighted by molar-refractivity contribution is 7.89. The van der Waals surface area contributed by atoms with E-state index in [1.54, 1.807) is 35.2 Å². The lowest BCUT2D eigenvalue weighted by Gasteiger charge is -2.30. The molecule has 0 radical (unpaired) electrons. The van der Waals surface area contributed by atoms with Gasteiger partial charge in [-0.1, -0.05) is 109 Å². The number of aromatic nitrogens is 4. The summed E-state index contributed by atoms with van der Waals surface area (Å²) in [5, 5.41) is 0. The number of fused-ring (bicyclic) bond motifs is 1. The van der Waals surface area contributed by atoms with Crippen LogP contribution >= 0.6 is 0 Å². The third kappa shape index (κ3) is 7.70. The largest absolute Gasteiger partial charge is 0.382 e. The van der Waals surface area contributed by atoms with Crippen molar-refractivity contribution in [3.8, 4) is 0 Å². The van der Waals surface area contributed by atoms with Gasteiger partial charge in [0.05, 0.1) is 49.7 Å². The monoisotopic (exact) mass is 704 g/mol. The number of hydrogen-bond acceptors (Lipinski definition) is 9. The van der Waals surface area contributed by atoms with Gasteiger partial charge >= 0.3 is 0 Å². The van der Waals surface area contributed by atoms with Crippen LogP contribution in [0.2, 0.25) is 0 Å². The minimum atomic E-state index is -4.14. The van der Waals surface area contributed by atoms with Crippen molar-refractivity contribution in [3.05, 3.63) is 150 Å². The number of nitrogens with two attached hydrogens (primary N) is 1. The van der Waals surface area contributed by atoms with Gasteiger partial charge in [-0.15, -0.1) is 0 Å². The number of hydrogen-bond donors (Lipinski definition) is 1. The van der Waals surface area contributed by atoms with Crippen molar-refractivity contribution in [2.75, 3.05) is 12.3 Å². The maximum Gasteiger partial charge on any atom is 0.243 e. The van der Waals surface area contributed by atoms with Gasteiger partial charge in [-0.2, -0.15) is 4.31 Å². The first-order valence-corrected chi connectivity index (χ1v) is 18.3. The molecule has 11 nitrogen and oxygen atoms in total. The summed E-state index contributed by atoms with van der Waals surface area (Å²) in [6.45, 7) is 2.91. The number of ether oxygens (including phenoxy) is 3. The van der Waals surface area contributed by atoms with Crippen LogP contribution in [-0.4, -0.2) is 63.1 Å². The fourth-order valence-corrected chi connectivity index (χ4v) is 8.37. The number of benzene rings is 4. The minimum absolute atomic E-state index is 0.0565. The molecule has 7 rings (SSSR count). The molecule has 51 heavy (non-hydrogen) atoms. The highest BCUT2D eigenvalue weighted by Crippen LogP contribution is 2.38. The molecule has 4 atom stereocenters. The molecule has 1 saturated heterocycles. The van der Waals surface area contributed by atoms with E-state index in [1.807, 2.05) is 97.9 Å². The van der Waals surface area contributed by atoms with Gasteiger partial charge in [0.25, 0.3) is 0 Å². The summed E-state index contributed by atoms with van der Waals surface area (Å²) in [7, 11) is -4.14. The van der Waals surface area contributed by atoms with Crippen LogP contribution in [0.15, 0.2) is 133 Å². The maximum atomic E-state index is 15.0. The van der Waals surface area contributed by atoms with Gasteiger partial charge in [0.2, 0.25) is 10.0 Å². The fraction of sp³-hybridized carbons (Fsp3) is 0.256. The number of anilines is 1. The van der Waals surface area contributed by atoms with E-state index in [9.17, 15) is 8.42 Å². The summed E-state index contributed by atoms with van der Waals surface area (Å²) >= 11 is 0. The van der Waals surface area contributed by atoms with Gasteiger partial charge in [0, 0.05) is 6.54 Å². The highest BCUT2D eigenvalue weighted by Gasteiger charge is 2.56. The van der Waals surface area contributed by atoms with Crippen molar-refractivity contribution in [2.45, 2.75) is 62.5 Å². The molecular formula is C39H40N6O5S. The van der Waals surface area contributed by atoms with Crippen LogP contribution in [0.3, 0.4) is 0 Å². The predicted octanol–water partition coefficient (Wildman–Crippen LogP) is 5.55. The molecule has 0 amide bonds. The van der Waals surface area contributed by atoms with Crippen molar-refractivity contribution in [2.24, 2.45) is 0 Å². The van der Waals surface area contributed by atoms with Crippen molar-refractivity contribution in [1.82, 2.24) is 23.8 Å². The van der Waals surface area contributed by atoms with Gasteiger partial charge < -0.3 is 24.5 Å². The second kappa shape index (κ2) is 15.5. The molecule has 1 fully saturated rings. The second-order valence-electron chi connectivity index (χ2n) is 12.6. The SMILES string of the molecule is Cc1ccc(S(=O)(=O)N2[C@@H](COCc3ccccc3)[C@@H](OCc3ccccc3)[C@H](OCc3ccccc3)[C@@H]2Cn2cnc3c(N)ncnc32)cc1. The Labute approximate surface area is 297 Å². The summed E-state index contributed by atoms with van der Waals surface area (Å²) in [6.07, 6.45) is 1.54. The van der Waals surface area contributed by atoms with Gasteiger partial charge in [0.1, 0.15) is 24.1 Å². The Kier molecular flexibility index (Phi) is 10.5. The number of rotatable bonds is 14. The number of imidazole rings is 1. The average Bonchev–Trinajstić information content (AvgIpc) is 3.70. The number of sulfonamides is 1. The zero-order valence-corrected chi connectivity index (χ0v) is 29.0. The van der Waals surface area contributed by atoms with E-state index in [0.29, 0.717) is 17.8 Å². The van der Waals surface area contributed by atoms with Gasteiger partial charge in [-0.3, -0.25) is 0 Å². The molecule has 2 N–H and O–H groups in total. The van der Waals surface area contributed by atoms with Crippen molar-refractivity contribution >= 4 is 27.0 Å². The molecule has 262 valence electrons. The van der Waals surface area contributed by atoms with Gasteiger partial charge in [-0.05, 0) is 35.7 Å². The van der Waals surface area contributed by atoms with E-state index in [4.69, 9.17) is 19.9 Å². The summed E-state index contributed by atoms with van der Waals surface area (Å²) in [4.78, 5) is 13.2. The number of nitrogens with zero attached hydrogens (tertiary/aromatic N) is 5. The zero-order chi connectivity index (χ0) is 35.2. The molecular weight excluding hydrogens is 665 g/mol. The average molecular weight is 705 g/mol. The molecule has 1 aliphatic rings. The van der Waals surface area contributed by atoms with Crippen molar-refractivity contribution < 1.29 is 22.6 Å². The standard InChI is InChI=1S/C39H40N6O5S/c1-28-17-19-32(20-18-28)51(46,47)45-33(21-44-27-43-35-38(40)41-26-42-39(35)44)36(49-23-30-13-7-3-8-14-30)37(50-24-31-15-9-4-10-16-31)34(45)25-48-22-29-11-5-2-6-12-29/h2-20,26-27,33-34,36-37H,21-25H2,1H3,(H2,40,41,42)/t33-,34-,36+,37+/m0/s1. The van der Waals surface area contributed by atoms with E-state index >= 15 is 0 Å². The third-order valence-electron chi connectivity index (χ3n) is 9.12. The number of nitrogen functional groups attached to an aromatic ring is 1. The summed E-state index contributed by atoms with van der Waals surface area (Å²) in [5.74, 6) is 0.238. The molecule has 4 aromatic carbocycles. The van der Waals surface area contributed by atoms with Crippen LogP contribution in [0, 0.1) is 6.92 Å². The zero-order valence-electron chi connectivity index (χ0n) is 28.2. The maximum absolute atomic E-state index is 15.0. The molecule has 12 heteroatoms. The summed E-state index contributed by atoms with van der Waals surface area (Å²) in [6, 6.07) is 34.8. The fourth-order valence-electron chi connectivity index (χ4n) is 6.57. The van der Waals surface area contributed by atoms with Crippen LogP contribution in [0.25, 0.3) is 11.2 Å². The lowest BCUT2D eigenvalue weighted by molar-refractivity contribution is -0.0868. The lowest BCUT2D eigenvalue weighted by Crippen LogP contribution is -2.47. The first kappa shape index (κ1) is 34.5. The Hall–Kier alpha value is -4.98. The Morgan fingerprint density at radius 1 is 0.686 bits per heavy atom. The second-order valence-corrected chi connectivity index (χ2v) is 14.5. The van der Waals surface area contributed by atoms with Crippen LogP contribution in [0.5, 0.6) is 0 Å². The normalized spacial score (nSPS) is 19.5. The molecule has 6 aromatic rings. The molecule has 0 bridgehead atoms. The Balaban J connectivity index is 1.33. The molecule has 2 aromatic heterocycles. The van der Waals surface area contributed by atoms with Crippen LogP contribution in [-0.2, 0) is 50.6 Å². The van der Waals surface area contributed by atoms with E-state index in [0.717, 1.165) is 22.3 Å². The van der Waals surface area contributed by atoms with Gasteiger partial charge in [-0.25, -0.2) is 23.4 Å².